The van der Waals surface area contributed by atoms with E-state index in [2.05, 4.69) is 18.6 Å². The summed E-state index contributed by atoms with van der Waals surface area (Å²) in [4.78, 5) is 0. The molecule has 0 atom stereocenters. The van der Waals surface area contributed by atoms with Crippen LogP contribution in [-0.4, -0.2) is 10.2 Å². The molecule has 1 fully saturated rings. The number of phenols is 2. The van der Waals surface area contributed by atoms with Gasteiger partial charge < -0.3 is 16.6 Å². The molecule has 1 aliphatic rings. The van der Waals surface area contributed by atoms with Crippen molar-refractivity contribution < 1.29 is 63.3 Å². The Bertz CT molecular complexity index is 232. The molecule has 1 saturated carbocycles. The second kappa shape index (κ2) is 12.1. The molecule has 0 unspecified atom stereocenters. The Morgan fingerprint density at radius 1 is 0.938 bits per heavy atom. The molecule has 2 nitrogen and oxygen atoms in total. The zero-order chi connectivity index (χ0) is 10.2. The van der Waals surface area contributed by atoms with E-state index in [1.807, 2.05) is 0 Å². The molecule has 0 amide bonds. The number of phenolic OH excluding ortho intramolecular Hbond substituents is 2. The SMILES string of the molecule is Oc1[c-]cc[c-]c1O.[CH-]1CCCCC1.[Re].[Y]. The fraction of sp³-hybridized carbons (Fsp3) is 0.417. The van der Waals surface area contributed by atoms with Gasteiger partial charge in [0.1, 0.15) is 0 Å². The van der Waals surface area contributed by atoms with Gasteiger partial charge in [0.05, 0.1) is 0 Å². The summed E-state index contributed by atoms with van der Waals surface area (Å²) in [5.74, 6) is -0.514. The fourth-order valence-corrected chi connectivity index (χ4v) is 1.28. The predicted molar refractivity (Wildman–Crippen MR) is 54.8 cm³/mol. The van der Waals surface area contributed by atoms with Crippen LogP contribution >= 0.6 is 0 Å². The maximum atomic E-state index is 8.58. The topological polar surface area (TPSA) is 40.5 Å². The molecular weight excluding hydrogens is 451 g/mol. The summed E-state index contributed by atoms with van der Waals surface area (Å²) < 4.78 is 0. The molecule has 1 aromatic rings. The third kappa shape index (κ3) is 8.71. The fourth-order valence-electron chi connectivity index (χ4n) is 1.28. The molecule has 1 aliphatic carbocycles. The summed E-state index contributed by atoms with van der Waals surface area (Å²) in [5.41, 5.74) is 0. The summed E-state index contributed by atoms with van der Waals surface area (Å²) in [5, 5.41) is 17.2. The first kappa shape index (κ1) is 18.9. The van der Waals surface area contributed by atoms with Crippen molar-refractivity contribution in [3.05, 3.63) is 30.7 Å². The molecule has 0 aliphatic heterocycles. The van der Waals surface area contributed by atoms with Crippen molar-refractivity contribution in [2.45, 2.75) is 32.1 Å². The summed E-state index contributed by atoms with van der Waals surface area (Å²) in [6.07, 6.45) is 9.50. The first-order valence-electron chi connectivity index (χ1n) is 4.92. The van der Waals surface area contributed by atoms with E-state index in [0.717, 1.165) is 0 Å². The van der Waals surface area contributed by atoms with Crippen molar-refractivity contribution in [3.63, 3.8) is 0 Å². The quantitative estimate of drug-likeness (QED) is 0.456. The van der Waals surface area contributed by atoms with E-state index in [9.17, 15) is 0 Å². The maximum absolute atomic E-state index is 8.58. The van der Waals surface area contributed by atoms with Crippen LogP contribution in [0.5, 0.6) is 11.5 Å². The van der Waals surface area contributed by atoms with Crippen LogP contribution in [-0.2, 0) is 53.1 Å². The molecule has 0 heterocycles. The molecule has 2 N–H and O–H groups in total. The predicted octanol–water partition coefficient (Wildman–Crippen LogP) is 2.85. The Balaban J connectivity index is 0. The van der Waals surface area contributed by atoms with Gasteiger partial charge in [-0.2, -0.15) is 12.8 Å². The molecule has 0 aromatic heterocycles. The van der Waals surface area contributed by atoms with Gasteiger partial charge in [-0.25, -0.2) is 0 Å². The minimum Gasteiger partial charge on any atom is -0.588 e. The summed E-state index contributed by atoms with van der Waals surface area (Å²) in [6.45, 7) is 0. The molecule has 0 spiro atoms. The first-order valence-corrected chi connectivity index (χ1v) is 4.92. The van der Waals surface area contributed by atoms with Crippen molar-refractivity contribution in [1.82, 2.24) is 0 Å². The zero-order valence-corrected chi connectivity index (χ0v) is 14.7. The van der Waals surface area contributed by atoms with Crippen LogP contribution in [0.2, 0.25) is 0 Å². The minimum absolute atomic E-state index is 0. The largest absolute Gasteiger partial charge is 0.588 e. The molecule has 2 radical (unpaired) electrons. The number of rotatable bonds is 0. The molecule has 0 bridgehead atoms. The van der Waals surface area contributed by atoms with Crippen LogP contribution in [0, 0.1) is 18.6 Å². The van der Waals surface area contributed by atoms with Crippen molar-refractivity contribution in [2.75, 3.05) is 0 Å². The van der Waals surface area contributed by atoms with E-state index in [-0.39, 0.29) is 64.6 Å². The number of aromatic hydroxyl groups is 2. The number of benzene rings is 1. The van der Waals surface area contributed by atoms with Gasteiger partial charge in [0.15, 0.2) is 0 Å². The molecule has 16 heavy (non-hydrogen) atoms. The van der Waals surface area contributed by atoms with E-state index >= 15 is 0 Å². The van der Waals surface area contributed by atoms with Crippen molar-refractivity contribution in [2.24, 2.45) is 0 Å². The Morgan fingerprint density at radius 3 is 1.56 bits per heavy atom. The van der Waals surface area contributed by atoms with Gasteiger partial charge in [-0.05, 0) is 0 Å². The Kier molecular flexibility index (Phi) is 14.3. The van der Waals surface area contributed by atoms with Gasteiger partial charge >= 0.3 is 0 Å². The zero-order valence-electron chi connectivity index (χ0n) is 9.12. The average Bonchev–Trinajstić information content (AvgIpc) is 2.26. The van der Waals surface area contributed by atoms with Gasteiger partial charge in [0.2, 0.25) is 0 Å². The third-order valence-electron chi connectivity index (χ3n) is 2.06. The average molecular weight is 466 g/mol. The Hall–Kier alpha value is 0.586. The monoisotopic (exact) mass is 467 g/mol. The van der Waals surface area contributed by atoms with E-state index in [4.69, 9.17) is 10.2 Å². The second-order valence-electron chi connectivity index (χ2n) is 3.25. The molecule has 4 heteroatoms. The Labute approximate surface area is 136 Å². The first-order chi connectivity index (χ1) is 6.80. The molecule has 2 rings (SSSR count). The molecule has 0 saturated heterocycles. The number of hydrogen-bond acceptors (Lipinski definition) is 2. The summed E-state index contributed by atoms with van der Waals surface area (Å²) in [6, 6.07) is 7.68. The van der Waals surface area contributed by atoms with Crippen LogP contribution in [0.1, 0.15) is 32.1 Å². The van der Waals surface area contributed by atoms with Gasteiger partial charge in [-0.3, -0.25) is 24.3 Å². The van der Waals surface area contributed by atoms with Gasteiger partial charge in [-0.15, -0.1) is 0 Å². The standard InChI is InChI=1S/C6H4O2.C6H11.Re.Y/c7-5-3-1-2-4-6(5)8;1-2-4-6-5-3-1;;/h1-2,7-8H;1H,2-6H2;;/q-2;-1;;. The van der Waals surface area contributed by atoms with Crippen molar-refractivity contribution >= 4 is 0 Å². The van der Waals surface area contributed by atoms with Crippen LogP contribution in [0.25, 0.3) is 0 Å². The number of hydrogen-bond donors (Lipinski definition) is 2. The van der Waals surface area contributed by atoms with E-state index in [1.54, 1.807) is 0 Å². The smallest absolute Gasteiger partial charge is 0 e. The summed E-state index contributed by atoms with van der Waals surface area (Å²) >= 11 is 0. The van der Waals surface area contributed by atoms with E-state index < -0.39 is 0 Å². The molecule has 88 valence electrons. The maximum Gasteiger partial charge on any atom is 0 e. The molecule has 1 aromatic carbocycles. The third-order valence-corrected chi connectivity index (χ3v) is 2.06. The van der Waals surface area contributed by atoms with Crippen molar-refractivity contribution in [3.8, 4) is 11.5 Å². The van der Waals surface area contributed by atoms with E-state index in [0.29, 0.717) is 0 Å². The van der Waals surface area contributed by atoms with Gasteiger partial charge in [0, 0.05) is 53.1 Å². The normalized spacial score (nSPS) is 13.5. The Morgan fingerprint density at radius 2 is 1.38 bits per heavy atom. The van der Waals surface area contributed by atoms with Crippen LogP contribution in [0.4, 0.5) is 0 Å². The summed E-state index contributed by atoms with van der Waals surface area (Å²) in [7, 11) is 0. The van der Waals surface area contributed by atoms with E-state index in [1.165, 1.54) is 44.2 Å². The van der Waals surface area contributed by atoms with Gasteiger partial charge in [-0.1, -0.05) is 30.8 Å². The second-order valence-corrected chi connectivity index (χ2v) is 3.25. The molecular formula is C12H15O2ReY-3. The van der Waals surface area contributed by atoms with Crippen LogP contribution < -0.4 is 0 Å². The van der Waals surface area contributed by atoms with Gasteiger partial charge in [0.25, 0.3) is 0 Å². The minimum atomic E-state index is -0.257. The van der Waals surface area contributed by atoms with Crippen LogP contribution in [0.3, 0.4) is 0 Å². The van der Waals surface area contributed by atoms with Crippen LogP contribution in [0.15, 0.2) is 12.1 Å². The van der Waals surface area contributed by atoms with Crippen molar-refractivity contribution in [1.29, 1.82) is 0 Å².